The predicted molar refractivity (Wildman–Crippen MR) is 125 cm³/mol. The van der Waals surface area contributed by atoms with E-state index in [1.54, 1.807) is 36.4 Å². The minimum atomic E-state index is -0.455. The van der Waals surface area contributed by atoms with Crippen molar-refractivity contribution in [3.8, 4) is 5.75 Å². The molecule has 3 rings (SSSR count). The monoisotopic (exact) mass is 456 g/mol. The molecule has 7 heteroatoms. The summed E-state index contributed by atoms with van der Waals surface area (Å²) in [4.78, 5) is 29.5. The third kappa shape index (κ3) is 6.78. The summed E-state index contributed by atoms with van der Waals surface area (Å²) >= 11 is 0. The highest BCUT2D eigenvalue weighted by Gasteiger charge is 2.32. The van der Waals surface area contributed by atoms with Gasteiger partial charge < -0.3 is 14.4 Å². The number of piperazine rings is 1. The quantitative estimate of drug-likeness (QED) is 0.559. The number of nitrogens with zero attached hydrogens (tertiary/aromatic N) is 2. The second-order valence-corrected chi connectivity index (χ2v) is 9.08. The molecule has 2 aromatic carbocycles. The van der Waals surface area contributed by atoms with Crippen LogP contribution in [0.3, 0.4) is 0 Å². The SMILES string of the molecule is CC(C)COC(=O)c1ccccc1OCC(=O)N1C[C@@H](C)N(Cc2ccc(F)cc2)C[C@@H]1C. The number of esters is 1. The molecule has 1 heterocycles. The lowest BCUT2D eigenvalue weighted by molar-refractivity contribution is -0.139. The van der Waals surface area contributed by atoms with Crippen LogP contribution in [0.25, 0.3) is 0 Å². The lowest BCUT2D eigenvalue weighted by Gasteiger charge is -2.44. The number of rotatable bonds is 8. The van der Waals surface area contributed by atoms with Crippen LogP contribution in [0, 0.1) is 11.7 Å². The van der Waals surface area contributed by atoms with Crippen molar-refractivity contribution in [3.63, 3.8) is 0 Å². The first-order valence-electron chi connectivity index (χ1n) is 11.4. The molecule has 1 aliphatic rings. The standard InChI is InChI=1S/C26H33FN2O4/c1-18(2)16-33-26(31)23-7-5-6-8-24(23)32-17-25(30)29-14-19(3)28(13-20(29)4)15-21-9-11-22(27)12-10-21/h5-12,18-20H,13-17H2,1-4H3/t19-,20+/m1/s1. The van der Waals surface area contributed by atoms with Crippen LogP contribution in [-0.2, 0) is 16.1 Å². The van der Waals surface area contributed by atoms with Gasteiger partial charge in [0.25, 0.3) is 5.91 Å². The Kier molecular flexibility index (Phi) is 8.44. The van der Waals surface area contributed by atoms with E-state index in [1.165, 1.54) is 12.1 Å². The Morgan fingerprint density at radius 3 is 2.42 bits per heavy atom. The van der Waals surface area contributed by atoms with Gasteiger partial charge in [-0.05, 0) is 49.6 Å². The lowest BCUT2D eigenvalue weighted by Crippen LogP contribution is -2.58. The van der Waals surface area contributed by atoms with Crippen LogP contribution in [0.4, 0.5) is 4.39 Å². The van der Waals surface area contributed by atoms with Crippen molar-refractivity contribution in [1.29, 1.82) is 0 Å². The first-order chi connectivity index (χ1) is 15.7. The van der Waals surface area contributed by atoms with Crippen LogP contribution in [0.5, 0.6) is 5.75 Å². The molecule has 2 aromatic rings. The van der Waals surface area contributed by atoms with Crippen LogP contribution in [0.1, 0.15) is 43.6 Å². The summed E-state index contributed by atoms with van der Waals surface area (Å²) in [6, 6.07) is 13.5. The molecule has 2 atom stereocenters. The van der Waals surface area contributed by atoms with Gasteiger partial charge in [-0.15, -0.1) is 0 Å². The smallest absolute Gasteiger partial charge is 0.341 e. The van der Waals surface area contributed by atoms with E-state index in [4.69, 9.17) is 9.47 Å². The number of amides is 1. The molecule has 33 heavy (non-hydrogen) atoms. The molecule has 1 amide bonds. The number of para-hydroxylation sites is 1. The van der Waals surface area contributed by atoms with E-state index in [1.807, 2.05) is 25.7 Å². The Hall–Kier alpha value is -2.93. The summed E-state index contributed by atoms with van der Waals surface area (Å²) in [6.07, 6.45) is 0. The van der Waals surface area contributed by atoms with Crippen LogP contribution in [0.2, 0.25) is 0 Å². The van der Waals surface area contributed by atoms with E-state index >= 15 is 0 Å². The molecule has 178 valence electrons. The fourth-order valence-electron chi connectivity index (χ4n) is 3.89. The zero-order chi connectivity index (χ0) is 24.0. The number of carbonyl (C=O) groups excluding carboxylic acids is 2. The van der Waals surface area contributed by atoms with Gasteiger partial charge in [-0.2, -0.15) is 0 Å². The maximum absolute atomic E-state index is 13.2. The normalized spacial score (nSPS) is 18.9. The van der Waals surface area contributed by atoms with E-state index in [9.17, 15) is 14.0 Å². The minimum Gasteiger partial charge on any atom is -0.483 e. The van der Waals surface area contributed by atoms with Gasteiger partial charge in [0.2, 0.25) is 0 Å². The first kappa shape index (κ1) is 24.7. The Labute approximate surface area is 195 Å². The summed E-state index contributed by atoms with van der Waals surface area (Å²) < 4.78 is 24.3. The highest BCUT2D eigenvalue weighted by atomic mass is 19.1. The number of benzene rings is 2. The van der Waals surface area contributed by atoms with E-state index in [0.717, 1.165) is 5.56 Å². The zero-order valence-electron chi connectivity index (χ0n) is 19.8. The minimum absolute atomic E-state index is 0.00370. The number of hydrogen-bond donors (Lipinski definition) is 0. The summed E-state index contributed by atoms with van der Waals surface area (Å²) in [5.41, 5.74) is 1.36. The fourth-order valence-corrected chi connectivity index (χ4v) is 3.89. The average Bonchev–Trinajstić information content (AvgIpc) is 2.79. The van der Waals surface area contributed by atoms with Crippen molar-refractivity contribution in [3.05, 3.63) is 65.5 Å². The van der Waals surface area contributed by atoms with Crippen molar-refractivity contribution >= 4 is 11.9 Å². The van der Waals surface area contributed by atoms with Crippen LogP contribution in [-0.4, -0.2) is 60.1 Å². The molecule has 1 aliphatic heterocycles. The molecular weight excluding hydrogens is 423 g/mol. The summed E-state index contributed by atoms with van der Waals surface area (Å²) in [7, 11) is 0. The van der Waals surface area contributed by atoms with Gasteiger partial charge in [-0.3, -0.25) is 9.69 Å². The second kappa shape index (κ2) is 11.3. The third-order valence-electron chi connectivity index (χ3n) is 5.74. The van der Waals surface area contributed by atoms with Gasteiger partial charge in [-0.1, -0.05) is 38.1 Å². The van der Waals surface area contributed by atoms with Crippen molar-refractivity contribution in [2.75, 3.05) is 26.3 Å². The van der Waals surface area contributed by atoms with Crippen LogP contribution in [0.15, 0.2) is 48.5 Å². The van der Waals surface area contributed by atoms with Crippen LogP contribution < -0.4 is 4.74 Å². The van der Waals surface area contributed by atoms with Crippen molar-refractivity contribution < 1.29 is 23.5 Å². The molecule has 0 aliphatic carbocycles. The first-order valence-corrected chi connectivity index (χ1v) is 11.4. The number of ether oxygens (including phenoxy) is 2. The van der Waals surface area contributed by atoms with Crippen molar-refractivity contribution in [2.24, 2.45) is 5.92 Å². The Bertz CT molecular complexity index is 948. The van der Waals surface area contributed by atoms with Crippen molar-refractivity contribution in [1.82, 2.24) is 9.80 Å². The molecule has 0 saturated carbocycles. The fraction of sp³-hybridized carbons (Fsp3) is 0.462. The predicted octanol–water partition coefficient (Wildman–Crippen LogP) is 4.14. The van der Waals surface area contributed by atoms with E-state index < -0.39 is 5.97 Å². The summed E-state index contributed by atoms with van der Waals surface area (Å²) in [6.45, 7) is 10.2. The summed E-state index contributed by atoms with van der Waals surface area (Å²) in [5.74, 6) is -0.251. The highest BCUT2D eigenvalue weighted by Crippen LogP contribution is 2.21. The molecule has 0 bridgehead atoms. The van der Waals surface area contributed by atoms with Gasteiger partial charge in [0, 0.05) is 31.7 Å². The van der Waals surface area contributed by atoms with Crippen LogP contribution >= 0.6 is 0 Å². The largest absolute Gasteiger partial charge is 0.483 e. The number of carbonyl (C=O) groups is 2. The Balaban J connectivity index is 1.57. The van der Waals surface area contributed by atoms with Gasteiger partial charge in [0.05, 0.1) is 6.61 Å². The molecule has 1 fully saturated rings. The Morgan fingerprint density at radius 1 is 1.03 bits per heavy atom. The Morgan fingerprint density at radius 2 is 1.73 bits per heavy atom. The van der Waals surface area contributed by atoms with Gasteiger partial charge in [-0.25, -0.2) is 9.18 Å². The number of halogens is 1. The molecular formula is C26H33FN2O4. The second-order valence-electron chi connectivity index (χ2n) is 9.08. The molecule has 6 nitrogen and oxygen atoms in total. The average molecular weight is 457 g/mol. The highest BCUT2D eigenvalue weighted by molar-refractivity contribution is 5.92. The molecule has 0 unspecified atom stereocenters. The molecule has 0 spiro atoms. The van der Waals surface area contributed by atoms with E-state index in [-0.39, 0.29) is 36.3 Å². The maximum Gasteiger partial charge on any atom is 0.341 e. The summed E-state index contributed by atoms with van der Waals surface area (Å²) in [5, 5.41) is 0. The molecule has 0 aromatic heterocycles. The van der Waals surface area contributed by atoms with Gasteiger partial charge in [0.1, 0.15) is 17.1 Å². The van der Waals surface area contributed by atoms with Gasteiger partial charge in [0.15, 0.2) is 6.61 Å². The number of hydrogen-bond acceptors (Lipinski definition) is 5. The third-order valence-corrected chi connectivity index (χ3v) is 5.74. The maximum atomic E-state index is 13.2. The molecule has 1 saturated heterocycles. The van der Waals surface area contributed by atoms with E-state index in [0.29, 0.717) is 37.6 Å². The van der Waals surface area contributed by atoms with E-state index in [2.05, 4.69) is 11.8 Å². The zero-order valence-corrected chi connectivity index (χ0v) is 19.8. The molecule has 0 radical (unpaired) electrons. The lowest BCUT2D eigenvalue weighted by atomic mass is 10.1. The van der Waals surface area contributed by atoms with Gasteiger partial charge >= 0.3 is 5.97 Å². The topological polar surface area (TPSA) is 59.1 Å². The molecule has 0 N–H and O–H groups in total. The van der Waals surface area contributed by atoms with Crippen molar-refractivity contribution in [2.45, 2.75) is 46.3 Å².